The van der Waals surface area contributed by atoms with Crippen molar-refractivity contribution in [1.82, 2.24) is 24.8 Å². The Bertz CT molecular complexity index is 764. The van der Waals surface area contributed by atoms with Gasteiger partial charge in [0.15, 0.2) is 5.82 Å². The first kappa shape index (κ1) is 14.5. The molecule has 0 amide bonds. The van der Waals surface area contributed by atoms with Crippen LogP contribution >= 0.6 is 11.8 Å². The molecule has 0 radical (unpaired) electrons. The van der Waals surface area contributed by atoms with Gasteiger partial charge in [-0.25, -0.2) is 4.68 Å². The fourth-order valence-corrected chi connectivity index (χ4v) is 2.66. The van der Waals surface area contributed by atoms with Crippen molar-refractivity contribution in [3.63, 3.8) is 0 Å². The molecule has 22 heavy (non-hydrogen) atoms. The number of nitrogen functional groups attached to an aromatic ring is 1. The van der Waals surface area contributed by atoms with Gasteiger partial charge in [-0.1, -0.05) is 41.6 Å². The maximum Gasteiger partial charge on any atom is 0.210 e. The van der Waals surface area contributed by atoms with Crippen LogP contribution in [0.4, 0.5) is 0 Å². The molecule has 2 heterocycles. The van der Waals surface area contributed by atoms with Crippen LogP contribution < -0.4 is 5.84 Å². The Morgan fingerprint density at radius 1 is 1.05 bits per heavy atom. The highest BCUT2D eigenvalue weighted by atomic mass is 32.2. The van der Waals surface area contributed by atoms with Gasteiger partial charge < -0.3 is 5.84 Å². The molecule has 0 aliphatic rings. The van der Waals surface area contributed by atoms with Gasteiger partial charge in [-0.15, -0.1) is 10.2 Å². The Labute approximate surface area is 132 Å². The highest BCUT2D eigenvalue weighted by Gasteiger charge is 2.12. The van der Waals surface area contributed by atoms with Crippen molar-refractivity contribution < 1.29 is 0 Å². The van der Waals surface area contributed by atoms with E-state index in [1.54, 1.807) is 12.4 Å². The van der Waals surface area contributed by atoms with Gasteiger partial charge in [-0.2, -0.15) is 0 Å². The quantitative estimate of drug-likeness (QED) is 0.588. The molecule has 0 bridgehead atoms. The highest BCUT2D eigenvalue weighted by Crippen LogP contribution is 2.23. The topological polar surface area (TPSA) is 82.5 Å². The zero-order chi connectivity index (χ0) is 15.5. The molecule has 0 atom stereocenters. The van der Waals surface area contributed by atoms with E-state index in [9.17, 15) is 0 Å². The van der Waals surface area contributed by atoms with E-state index in [2.05, 4.69) is 20.2 Å². The summed E-state index contributed by atoms with van der Waals surface area (Å²) in [5.41, 5.74) is 3.93. The second kappa shape index (κ2) is 6.15. The fourth-order valence-electron chi connectivity index (χ4n) is 1.91. The standard InChI is InChI=1S/C15H16N6S/c1-10-3-5-12(6-4-10)14-19-20-15(21(14)16)22-9-13-8-17-11(2)7-18-13/h3-8H,9,16H2,1-2H3. The van der Waals surface area contributed by atoms with Crippen molar-refractivity contribution >= 4 is 11.8 Å². The third-order valence-electron chi connectivity index (χ3n) is 3.16. The Hall–Kier alpha value is -2.41. The van der Waals surface area contributed by atoms with Gasteiger partial charge in [0.05, 0.1) is 11.4 Å². The minimum absolute atomic E-state index is 0.649. The third kappa shape index (κ3) is 3.09. The molecule has 0 fully saturated rings. The van der Waals surface area contributed by atoms with E-state index in [1.807, 2.05) is 38.1 Å². The molecule has 0 unspecified atom stereocenters. The molecule has 2 N–H and O–H groups in total. The molecular formula is C15H16N6S. The van der Waals surface area contributed by atoms with Gasteiger partial charge in [-0.3, -0.25) is 9.97 Å². The predicted octanol–water partition coefficient (Wildman–Crippen LogP) is 2.36. The van der Waals surface area contributed by atoms with Crippen LogP contribution in [0, 0.1) is 13.8 Å². The molecule has 0 aliphatic heterocycles. The lowest BCUT2D eigenvalue weighted by molar-refractivity contribution is 0.848. The summed E-state index contributed by atoms with van der Waals surface area (Å²) in [5.74, 6) is 7.40. The summed E-state index contributed by atoms with van der Waals surface area (Å²) < 4.78 is 1.51. The number of hydrogen-bond acceptors (Lipinski definition) is 6. The Morgan fingerprint density at radius 3 is 2.50 bits per heavy atom. The van der Waals surface area contributed by atoms with Crippen LogP contribution in [-0.4, -0.2) is 24.8 Å². The maximum absolute atomic E-state index is 6.10. The van der Waals surface area contributed by atoms with Crippen LogP contribution in [0.1, 0.15) is 17.0 Å². The largest absolute Gasteiger partial charge is 0.335 e. The average Bonchev–Trinajstić information content (AvgIpc) is 2.89. The van der Waals surface area contributed by atoms with E-state index < -0.39 is 0 Å². The van der Waals surface area contributed by atoms with Gasteiger partial charge in [0, 0.05) is 23.7 Å². The lowest BCUT2D eigenvalue weighted by Crippen LogP contribution is -2.11. The van der Waals surface area contributed by atoms with Crippen LogP contribution in [0.15, 0.2) is 41.8 Å². The number of rotatable bonds is 4. The molecule has 0 aliphatic carbocycles. The van der Waals surface area contributed by atoms with Crippen molar-refractivity contribution in [2.75, 3.05) is 5.84 Å². The number of hydrogen-bond donors (Lipinski definition) is 1. The van der Waals surface area contributed by atoms with Crippen LogP contribution in [0.25, 0.3) is 11.4 Å². The Kier molecular flexibility index (Phi) is 4.06. The van der Waals surface area contributed by atoms with E-state index in [0.717, 1.165) is 17.0 Å². The number of thioether (sulfide) groups is 1. The molecule has 2 aromatic heterocycles. The summed E-state index contributed by atoms with van der Waals surface area (Å²) in [6.45, 7) is 3.95. The second-order valence-electron chi connectivity index (χ2n) is 4.98. The number of benzene rings is 1. The zero-order valence-electron chi connectivity index (χ0n) is 12.4. The second-order valence-corrected chi connectivity index (χ2v) is 5.92. The van der Waals surface area contributed by atoms with Gasteiger partial charge in [0.1, 0.15) is 0 Å². The fraction of sp³-hybridized carbons (Fsp3) is 0.200. The minimum Gasteiger partial charge on any atom is -0.335 e. The minimum atomic E-state index is 0.649. The average molecular weight is 312 g/mol. The zero-order valence-corrected chi connectivity index (χ0v) is 13.2. The van der Waals surface area contributed by atoms with Crippen LogP contribution in [0.5, 0.6) is 0 Å². The maximum atomic E-state index is 6.10. The first-order valence-corrected chi connectivity index (χ1v) is 7.80. The van der Waals surface area contributed by atoms with E-state index in [4.69, 9.17) is 5.84 Å². The summed E-state index contributed by atoms with van der Waals surface area (Å²) in [6.07, 6.45) is 3.52. The molecule has 112 valence electrons. The van der Waals surface area contributed by atoms with Crippen molar-refractivity contribution in [2.24, 2.45) is 0 Å². The van der Waals surface area contributed by atoms with Crippen molar-refractivity contribution in [3.05, 3.63) is 53.6 Å². The van der Waals surface area contributed by atoms with Gasteiger partial charge in [0.25, 0.3) is 0 Å². The van der Waals surface area contributed by atoms with Gasteiger partial charge in [-0.05, 0) is 13.8 Å². The Balaban J connectivity index is 1.75. The molecule has 0 spiro atoms. The van der Waals surface area contributed by atoms with E-state index in [-0.39, 0.29) is 0 Å². The highest BCUT2D eigenvalue weighted by molar-refractivity contribution is 7.98. The molecule has 1 aromatic carbocycles. The van der Waals surface area contributed by atoms with Crippen LogP contribution in [0.2, 0.25) is 0 Å². The van der Waals surface area contributed by atoms with Crippen LogP contribution in [0.3, 0.4) is 0 Å². The molecule has 3 rings (SSSR count). The molecular weight excluding hydrogens is 296 g/mol. The van der Waals surface area contributed by atoms with Crippen molar-refractivity contribution in [3.8, 4) is 11.4 Å². The summed E-state index contributed by atoms with van der Waals surface area (Å²) >= 11 is 1.49. The third-order valence-corrected chi connectivity index (χ3v) is 4.13. The van der Waals surface area contributed by atoms with Gasteiger partial charge in [0.2, 0.25) is 5.16 Å². The normalized spacial score (nSPS) is 10.8. The predicted molar refractivity (Wildman–Crippen MR) is 86.7 cm³/mol. The van der Waals surface area contributed by atoms with E-state index >= 15 is 0 Å². The molecule has 3 aromatic rings. The molecule has 7 heteroatoms. The van der Waals surface area contributed by atoms with Crippen LogP contribution in [-0.2, 0) is 5.75 Å². The lowest BCUT2D eigenvalue weighted by atomic mass is 10.1. The number of nitrogens with zero attached hydrogens (tertiary/aromatic N) is 5. The van der Waals surface area contributed by atoms with Crippen molar-refractivity contribution in [1.29, 1.82) is 0 Å². The summed E-state index contributed by atoms with van der Waals surface area (Å²) in [4.78, 5) is 8.54. The molecule has 0 saturated heterocycles. The smallest absolute Gasteiger partial charge is 0.210 e. The van der Waals surface area contributed by atoms with Gasteiger partial charge >= 0.3 is 0 Å². The van der Waals surface area contributed by atoms with Crippen molar-refractivity contribution in [2.45, 2.75) is 24.8 Å². The number of nitrogens with two attached hydrogens (primary N) is 1. The SMILES string of the molecule is Cc1ccc(-c2nnc(SCc3cnc(C)cn3)n2N)cc1. The van der Waals surface area contributed by atoms with E-state index in [0.29, 0.717) is 16.7 Å². The Morgan fingerprint density at radius 2 is 1.82 bits per heavy atom. The monoisotopic (exact) mass is 312 g/mol. The lowest BCUT2D eigenvalue weighted by Gasteiger charge is -2.04. The first-order chi connectivity index (χ1) is 10.6. The number of aryl methyl sites for hydroxylation is 2. The summed E-state index contributed by atoms with van der Waals surface area (Å²) in [6, 6.07) is 8.03. The summed E-state index contributed by atoms with van der Waals surface area (Å²) in [5, 5.41) is 8.97. The van der Waals surface area contributed by atoms with E-state index in [1.165, 1.54) is 22.0 Å². The number of aromatic nitrogens is 5. The summed E-state index contributed by atoms with van der Waals surface area (Å²) in [7, 11) is 0. The molecule has 0 saturated carbocycles. The molecule has 6 nitrogen and oxygen atoms in total. The first-order valence-electron chi connectivity index (χ1n) is 6.81.